The molecule has 0 aliphatic rings. The Morgan fingerprint density at radius 3 is 2.82 bits per heavy atom. The van der Waals surface area contributed by atoms with Crippen molar-refractivity contribution >= 4 is 11.6 Å². The molecule has 1 N–H and O–H groups in total. The highest BCUT2D eigenvalue weighted by Gasteiger charge is 2.14. The highest BCUT2D eigenvalue weighted by Crippen LogP contribution is 2.15. The molecule has 0 atom stereocenters. The van der Waals surface area contributed by atoms with Crippen molar-refractivity contribution in [2.24, 2.45) is 5.92 Å². The molecule has 0 fully saturated rings. The van der Waals surface area contributed by atoms with Crippen LogP contribution >= 0.6 is 0 Å². The van der Waals surface area contributed by atoms with Crippen molar-refractivity contribution in [2.75, 3.05) is 0 Å². The number of hydrogen-bond donors (Lipinski definition) is 1. The molecule has 2 aromatic heterocycles. The van der Waals surface area contributed by atoms with Gasteiger partial charge in [-0.3, -0.25) is 4.40 Å². The van der Waals surface area contributed by atoms with Gasteiger partial charge in [0.25, 0.3) is 0 Å². The molecule has 0 aromatic carbocycles. The van der Waals surface area contributed by atoms with Gasteiger partial charge in [-0.15, -0.1) is 0 Å². The first-order valence-corrected chi connectivity index (χ1v) is 5.56. The molecule has 0 unspecified atom stereocenters. The van der Waals surface area contributed by atoms with Gasteiger partial charge in [0.2, 0.25) is 0 Å². The number of fused-ring (bicyclic) bond motifs is 1. The molecule has 5 heteroatoms. The third-order valence-electron chi connectivity index (χ3n) is 2.60. The number of carbonyl (C=O) groups is 1. The number of hydrogen-bond acceptors (Lipinski definition) is 3. The number of aryl methyl sites for hydroxylation is 1. The quantitative estimate of drug-likeness (QED) is 0.879. The predicted octanol–water partition coefficient (Wildman–Crippen LogP) is 1.93. The van der Waals surface area contributed by atoms with Gasteiger partial charge in [-0.05, 0) is 19.3 Å². The molecule has 2 aromatic rings. The molecule has 0 spiro atoms. The van der Waals surface area contributed by atoms with Crippen molar-refractivity contribution in [3.8, 4) is 0 Å². The van der Waals surface area contributed by atoms with Gasteiger partial charge >= 0.3 is 5.97 Å². The van der Waals surface area contributed by atoms with Crippen molar-refractivity contribution < 1.29 is 9.90 Å². The second-order valence-corrected chi connectivity index (χ2v) is 4.55. The summed E-state index contributed by atoms with van der Waals surface area (Å²) < 4.78 is 1.74. The summed E-state index contributed by atoms with van der Waals surface area (Å²) in [5.41, 5.74) is 1.74. The molecular formula is C12H15N3O2. The summed E-state index contributed by atoms with van der Waals surface area (Å²) in [6.07, 6.45) is 4.14. The molecule has 17 heavy (non-hydrogen) atoms. The second kappa shape index (κ2) is 4.16. The molecular weight excluding hydrogens is 218 g/mol. The summed E-state index contributed by atoms with van der Waals surface area (Å²) in [4.78, 5) is 19.3. The monoisotopic (exact) mass is 233 g/mol. The fourth-order valence-corrected chi connectivity index (χ4v) is 1.83. The summed E-state index contributed by atoms with van der Waals surface area (Å²) in [6.45, 7) is 6.05. The fourth-order valence-electron chi connectivity index (χ4n) is 1.83. The van der Waals surface area contributed by atoms with Crippen LogP contribution in [0.1, 0.15) is 35.7 Å². The van der Waals surface area contributed by atoms with E-state index in [1.807, 2.05) is 6.92 Å². The molecule has 0 bridgehead atoms. The van der Waals surface area contributed by atoms with E-state index in [4.69, 9.17) is 5.11 Å². The van der Waals surface area contributed by atoms with Crippen LogP contribution in [0.4, 0.5) is 0 Å². The third-order valence-corrected chi connectivity index (χ3v) is 2.60. The summed E-state index contributed by atoms with van der Waals surface area (Å²) in [6, 6.07) is 0. The van der Waals surface area contributed by atoms with Crippen molar-refractivity contribution in [2.45, 2.75) is 27.2 Å². The zero-order chi connectivity index (χ0) is 12.6. The number of imidazole rings is 1. The van der Waals surface area contributed by atoms with E-state index < -0.39 is 5.97 Å². The van der Waals surface area contributed by atoms with E-state index in [1.54, 1.807) is 10.6 Å². The molecule has 90 valence electrons. The Hall–Kier alpha value is -1.91. The Labute approximate surface area is 99.1 Å². The van der Waals surface area contributed by atoms with Gasteiger partial charge in [0.15, 0.2) is 5.69 Å². The van der Waals surface area contributed by atoms with Gasteiger partial charge in [-0.2, -0.15) is 0 Å². The van der Waals surface area contributed by atoms with Gasteiger partial charge in [0.05, 0.1) is 0 Å². The van der Waals surface area contributed by atoms with Crippen molar-refractivity contribution in [3.05, 3.63) is 29.5 Å². The largest absolute Gasteiger partial charge is 0.476 e. The van der Waals surface area contributed by atoms with Crippen LogP contribution in [0, 0.1) is 12.8 Å². The summed E-state index contributed by atoms with van der Waals surface area (Å²) >= 11 is 0. The Kier molecular flexibility index (Phi) is 2.83. The molecule has 0 radical (unpaired) electrons. The number of carboxylic acids is 1. The lowest BCUT2D eigenvalue weighted by atomic mass is 10.1. The molecule has 2 heterocycles. The zero-order valence-electron chi connectivity index (χ0n) is 10.1. The van der Waals surface area contributed by atoms with Gasteiger partial charge in [-0.25, -0.2) is 14.8 Å². The highest BCUT2D eigenvalue weighted by atomic mass is 16.4. The van der Waals surface area contributed by atoms with Crippen LogP contribution < -0.4 is 0 Å². The Morgan fingerprint density at radius 2 is 2.24 bits per heavy atom. The molecule has 0 amide bonds. The lowest BCUT2D eigenvalue weighted by Gasteiger charge is -2.07. The molecule has 0 saturated carbocycles. The SMILES string of the molecule is Cc1ncc(CC(C)C)c2nc(C(=O)O)cn12. The first-order valence-electron chi connectivity index (χ1n) is 5.56. The van der Waals surface area contributed by atoms with E-state index >= 15 is 0 Å². The van der Waals surface area contributed by atoms with E-state index in [1.165, 1.54) is 6.20 Å². The number of carboxylic acid groups (broad SMARTS) is 1. The molecule has 5 nitrogen and oxygen atoms in total. The lowest BCUT2D eigenvalue weighted by Crippen LogP contribution is -2.02. The maximum absolute atomic E-state index is 10.9. The Bertz CT molecular complexity index is 572. The van der Waals surface area contributed by atoms with E-state index in [9.17, 15) is 4.79 Å². The van der Waals surface area contributed by atoms with Crippen LogP contribution in [-0.4, -0.2) is 25.4 Å². The van der Waals surface area contributed by atoms with Crippen molar-refractivity contribution in [1.82, 2.24) is 14.4 Å². The molecule has 0 aliphatic heterocycles. The minimum Gasteiger partial charge on any atom is -0.476 e. The van der Waals surface area contributed by atoms with E-state index in [0.29, 0.717) is 11.6 Å². The number of aromatic carboxylic acids is 1. The van der Waals surface area contributed by atoms with Crippen LogP contribution in [0.25, 0.3) is 5.65 Å². The number of rotatable bonds is 3. The van der Waals surface area contributed by atoms with Gasteiger partial charge < -0.3 is 5.11 Å². The molecule has 0 saturated heterocycles. The molecule has 2 rings (SSSR count). The van der Waals surface area contributed by atoms with E-state index in [-0.39, 0.29) is 5.69 Å². The second-order valence-electron chi connectivity index (χ2n) is 4.55. The molecule has 0 aliphatic carbocycles. The number of nitrogens with zero attached hydrogens (tertiary/aromatic N) is 3. The Balaban J connectivity index is 2.62. The van der Waals surface area contributed by atoms with Crippen LogP contribution in [0.2, 0.25) is 0 Å². The van der Waals surface area contributed by atoms with Crippen LogP contribution in [0.5, 0.6) is 0 Å². The minimum atomic E-state index is -1.01. The van der Waals surface area contributed by atoms with Crippen LogP contribution in [-0.2, 0) is 6.42 Å². The lowest BCUT2D eigenvalue weighted by molar-refractivity contribution is 0.0691. The smallest absolute Gasteiger partial charge is 0.356 e. The highest BCUT2D eigenvalue weighted by molar-refractivity contribution is 5.86. The van der Waals surface area contributed by atoms with Gasteiger partial charge in [0, 0.05) is 18.0 Å². The van der Waals surface area contributed by atoms with E-state index in [2.05, 4.69) is 23.8 Å². The first kappa shape index (κ1) is 11.6. The Morgan fingerprint density at radius 1 is 1.53 bits per heavy atom. The summed E-state index contributed by atoms with van der Waals surface area (Å²) in [5.74, 6) is 0.212. The normalized spacial score (nSPS) is 11.3. The predicted molar refractivity (Wildman–Crippen MR) is 63.2 cm³/mol. The van der Waals surface area contributed by atoms with Crippen molar-refractivity contribution in [1.29, 1.82) is 0 Å². The zero-order valence-corrected chi connectivity index (χ0v) is 10.1. The van der Waals surface area contributed by atoms with Crippen LogP contribution in [0.3, 0.4) is 0 Å². The van der Waals surface area contributed by atoms with Gasteiger partial charge in [-0.1, -0.05) is 13.8 Å². The van der Waals surface area contributed by atoms with Crippen molar-refractivity contribution in [3.63, 3.8) is 0 Å². The van der Waals surface area contributed by atoms with E-state index in [0.717, 1.165) is 17.8 Å². The third kappa shape index (κ3) is 2.13. The summed E-state index contributed by atoms with van der Waals surface area (Å²) in [5, 5.41) is 8.95. The fraction of sp³-hybridized carbons (Fsp3) is 0.417. The first-order chi connectivity index (χ1) is 7.99. The average Bonchev–Trinajstić information content (AvgIpc) is 2.67. The number of aromatic nitrogens is 3. The summed E-state index contributed by atoms with van der Waals surface area (Å²) in [7, 11) is 0. The maximum atomic E-state index is 10.9. The topological polar surface area (TPSA) is 67.5 Å². The average molecular weight is 233 g/mol. The maximum Gasteiger partial charge on any atom is 0.356 e. The van der Waals surface area contributed by atoms with Gasteiger partial charge in [0.1, 0.15) is 11.5 Å². The standard InChI is InChI=1S/C12H15N3O2/c1-7(2)4-9-5-13-8(3)15-6-10(12(16)17)14-11(9)15/h5-7H,4H2,1-3H3,(H,16,17). The minimum absolute atomic E-state index is 0.0612. The van der Waals surface area contributed by atoms with Crippen LogP contribution in [0.15, 0.2) is 12.4 Å².